The summed E-state index contributed by atoms with van der Waals surface area (Å²) < 4.78 is 0. The smallest absolute Gasteiger partial charge is 0.319 e. The van der Waals surface area contributed by atoms with Crippen LogP contribution in [0, 0.1) is 0 Å². The van der Waals surface area contributed by atoms with E-state index in [1.807, 2.05) is 48.5 Å². The van der Waals surface area contributed by atoms with Crippen molar-refractivity contribution in [3.05, 3.63) is 83.9 Å². The SMILES string of the molecule is CC1(c2cccc3ccccc23)NC(=O)N(CC(=O)c2ccccc2)C1=O. The maximum atomic E-state index is 13.1. The first-order chi connectivity index (χ1) is 13.0. The van der Waals surface area contributed by atoms with Crippen LogP contribution in [0.1, 0.15) is 22.8 Å². The van der Waals surface area contributed by atoms with Gasteiger partial charge in [0, 0.05) is 5.56 Å². The molecule has 3 amide bonds. The Labute approximate surface area is 156 Å². The first-order valence-corrected chi connectivity index (χ1v) is 8.71. The minimum atomic E-state index is -1.21. The second-order valence-corrected chi connectivity index (χ2v) is 6.76. The number of carbonyl (C=O) groups is 3. The molecule has 1 N–H and O–H groups in total. The Bertz CT molecular complexity index is 1060. The molecule has 0 aromatic heterocycles. The number of fused-ring (bicyclic) bond motifs is 1. The van der Waals surface area contributed by atoms with E-state index in [-0.39, 0.29) is 12.3 Å². The fourth-order valence-corrected chi connectivity index (χ4v) is 3.54. The van der Waals surface area contributed by atoms with Crippen LogP contribution in [-0.2, 0) is 10.3 Å². The molecular formula is C22H18N2O3. The second kappa shape index (κ2) is 6.36. The summed E-state index contributed by atoms with van der Waals surface area (Å²) in [5, 5.41) is 4.66. The number of Topliss-reactive ketones (excluding diaryl/α,β-unsaturated/α-hetero) is 1. The maximum Gasteiger partial charge on any atom is 0.325 e. The molecule has 134 valence electrons. The number of imide groups is 1. The fourth-order valence-electron chi connectivity index (χ4n) is 3.54. The number of ketones is 1. The monoisotopic (exact) mass is 358 g/mol. The van der Waals surface area contributed by atoms with Gasteiger partial charge in [0.25, 0.3) is 5.91 Å². The van der Waals surface area contributed by atoms with Crippen LogP contribution in [0.2, 0.25) is 0 Å². The molecule has 0 radical (unpaired) electrons. The number of nitrogens with zero attached hydrogens (tertiary/aromatic N) is 1. The maximum absolute atomic E-state index is 13.1. The van der Waals surface area contributed by atoms with Crippen molar-refractivity contribution in [3.63, 3.8) is 0 Å². The Balaban J connectivity index is 1.68. The molecular weight excluding hydrogens is 340 g/mol. The van der Waals surface area contributed by atoms with Gasteiger partial charge in [-0.3, -0.25) is 14.5 Å². The third kappa shape index (κ3) is 2.77. The molecule has 0 bridgehead atoms. The molecule has 0 aliphatic carbocycles. The molecule has 5 nitrogen and oxygen atoms in total. The quantitative estimate of drug-likeness (QED) is 0.573. The number of urea groups is 1. The lowest BCUT2D eigenvalue weighted by atomic mass is 9.88. The summed E-state index contributed by atoms with van der Waals surface area (Å²) in [7, 11) is 0. The van der Waals surface area contributed by atoms with Crippen molar-refractivity contribution < 1.29 is 14.4 Å². The van der Waals surface area contributed by atoms with Crippen LogP contribution < -0.4 is 5.32 Å². The zero-order valence-corrected chi connectivity index (χ0v) is 14.8. The van der Waals surface area contributed by atoms with E-state index in [9.17, 15) is 14.4 Å². The van der Waals surface area contributed by atoms with Gasteiger partial charge in [-0.15, -0.1) is 0 Å². The summed E-state index contributed by atoms with van der Waals surface area (Å²) in [5.41, 5.74) is -0.0278. The van der Waals surface area contributed by atoms with Gasteiger partial charge in [-0.2, -0.15) is 0 Å². The van der Waals surface area contributed by atoms with E-state index in [0.717, 1.165) is 15.7 Å². The molecule has 3 aromatic rings. The van der Waals surface area contributed by atoms with Crippen LogP contribution in [0.3, 0.4) is 0 Å². The largest absolute Gasteiger partial charge is 0.325 e. The summed E-state index contributed by atoms with van der Waals surface area (Å²) in [6, 6.07) is 21.5. The van der Waals surface area contributed by atoms with Crippen LogP contribution >= 0.6 is 0 Å². The van der Waals surface area contributed by atoms with Crippen molar-refractivity contribution in [2.24, 2.45) is 0 Å². The number of nitrogens with one attached hydrogen (secondary N) is 1. The van der Waals surface area contributed by atoms with E-state index in [0.29, 0.717) is 11.1 Å². The summed E-state index contributed by atoms with van der Waals surface area (Å²) in [6.07, 6.45) is 0. The van der Waals surface area contributed by atoms with E-state index in [2.05, 4.69) is 5.32 Å². The normalized spacial score (nSPS) is 19.4. The van der Waals surface area contributed by atoms with Crippen molar-refractivity contribution in [1.29, 1.82) is 0 Å². The lowest BCUT2D eigenvalue weighted by molar-refractivity contribution is -0.130. The highest BCUT2D eigenvalue weighted by molar-refractivity contribution is 6.12. The first-order valence-electron chi connectivity index (χ1n) is 8.71. The zero-order chi connectivity index (χ0) is 19.0. The van der Waals surface area contributed by atoms with Crippen LogP contribution in [0.5, 0.6) is 0 Å². The number of benzene rings is 3. The molecule has 0 spiro atoms. The van der Waals surface area contributed by atoms with Crippen molar-refractivity contribution >= 4 is 28.5 Å². The first kappa shape index (κ1) is 17.0. The van der Waals surface area contributed by atoms with E-state index >= 15 is 0 Å². The van der Waals surface area contributed by atoms with Crippen molar-refractivity contribution in [2.45, 2.75) is 12.5 Å². The van der Waals surface area contributed by atoms with Gasteiger partial charge < -0.3 is 5.32 Å². The van der Waals surface area contributed by atoms with Crippen molar-refractivity contribution in [2.75, 3.05) is 6.54 Å². The Hall–Kier alpha value is -3.47. The van der Waals surface area contributed by atoms with Crippen LogP contribution in [0.25, 0.3) is 10.8 Å². The van der Waals surface area contributed by atoms with Gasteiger partial charge in [0.05, 0.1) is 6.54 Å². The van der Waals surface area contributed by atoms with Gasteiger partial charge in [0.2, 0.25) is 0 Å². The van der Waals surface area contributed by atoms with E-state index in [1.165, 1.54) is 0 Å². The van der Waals surface area contributed by atoms with Gasteiger partial charge in [-0.1, -0.05) is 72.8 Å². The summed E-state index contributed by atoms with van der Waals surface area (Å²) in [6.45, 7) is 1.40. The molecule has 5 heteroatoms. The molecule has 1 heterocycles. The van der Waals surface area contributed by atoms with Crippen LogP contribution in [0.15, 0.2) is 72.8 Å². The molecule has 1 unspecified atom stereocenters. The van der Waals surface area contributed by atoms with Gasteiger partial charge >= 0.3 is 6.03 Å². The van der Waals surface area contributed by atoms with Gasteiger partial charge in [0.1, 0.15) is 5.54 Å². The standard InChI is InChI=1S/C22H18N2O3/c1-22(18-13-7-11-15-8-5-6-12-17(15)18)20(26)24(21(27)23-22)14-19(25)16-9-3-2-4-10-16/h2-13H,14H2,1H3,(H,23,27). The highest BCUT2D eigenvalue weighted by atomic mass is 16.2. The lowest BCUT2D eigenvalue weighted by Crippen LogP contribution is -2.41. The molecule has 1 atom stereocenters. The van der Waals surface area contributed by atoms with E-state index in [4.69, 9.17) is 0 Å². The average molecular weight is 358 g/mol. The second-order valence-electron chi connectivity index (χ2n) is 6.76. The highest BCUT2D eigenvalue weighted by Crippen LogP contribution is 2.33. The minimum absolute atomic E-state index is 0.277. The summed E-state index contributed by atoms with van der Waals surface area (Å²) in [4.78, 5) is 39.1. The van der Waals surface area contributed by atoms with Crippen molar-refractivity contribution in [1.82, 2.24) is 10.2 Å². The predicted molar refractivity (Wildman–Crippen MR) is 102 cm³/mol. The number of hydrogen-bond acceptors (Lipinski definition) is 3. The Morgan fingerprint density at radius 3 is 2.37 bits per heavy atom. The van der Waals surface area contributed by atoms with Crippen LogP contribution in [0.4, 0.5) is 4.79 Å². The van der Waals surface area contributed by atoms with Gasteiger partial charge in [-0.25, -0.2) is 4.79 Å². The molecule has 1 aliphatic heterocycles. The molecule has 0 saturated carbocycles. The molecule has 27 heavy (non-hydrogen) atoms. The fraction of sp³-hybridized carbons (Fsp3) is 0.136. The highest BCUT2D eigenvalue weighted by Gasteiger charge is 2.50. The predicted octanol–water partition coefficient (Wildman–Crippen LogP) is 3.49. The van der Waals surface area contributed by atoms with E-state index in [1.54, 1.807) is 31.2 Å². The number of carbonyl (C=O) groups excluding carboxylic acids is 3. The number of amides is 3. The third-order valence-electron chi connectivity index (χ3n) is 5.00. The summed E-state index contributed by atoms with van der Waals surface area (Å²) in [5.74, 6) is -0.700. The lowest BCUT2D eigenvalue weighted by Gasteiger charge is -2.24. The number of hydrogen-bond donors (Lipinski definition) is 1. The number of rotatable bonds is 4. The topological polar surface area (TPSA) is 66.5 Å². The third-order valence-corrected chi connectivity index (χ3v) is 5.00. The molecule has 3 aromatic carbocycles. The summed E-state index contributed by atoms with van der Waals surface area (Å²) >= 11 is 0. The Morgan fingerprint density at radius 1 is 0.926 bits per heavy atom. The Morgan fingerprint density at radius 2 is 1.59 bits per heavy atom. The molecule has 1 fully saturated rings. The van der Waals surface area contributed by atoms with Crippen molar-refractivity contribution in [3.8, 4) is 0 Å². The molecule has 1 saturated heterocycles. The molecule has 1 aliphatic rings. The van der Waals surface area contributed by atoms with Gasteiger partial charge in [0.15, 0.2) is 5.78 Å². The average Bonchev–Trinajstić information content (AvgIpc) is 2.92. The Kier molecular flexibility index (Phi) is 4.00. The van der Waals surface area contributed by atoms with Gasteiger partial charge in [-0.05, 0) is 23.3 Å². The molecule has 4 rings (SSSR count). The van der Waals surface area contributed by atoms with E-state index < -0.39 is 17.5 Å². The zero-order valence-electron chi connectivity index (χ0n) is 14.8. The minimum Gasteiger partial charge on any atom is -0.319 e. The van der Waals surface area contributed by atoms with Crippen LogP contribution in [-0.4, -0.2) is 29.2 Å².